The number of aromatic nitrogens is 2. The summed E-state index contributed by atoms with van der Waals surface area (Å²) >= 11 is 3.33. The minimum atomic E-state index is -1.24. The van der Waals surface area contributed by atoms with Crippen molar-refractivity contribution in [2.45, 2.75) is 12.5 Å². The van der Waals surface area contributed by atoms with Gasteiger partial charge in [0.2, 0.25) is 0 Å². The number of nitrogens with zero attached hydrogens (tertiary/aromatic N) is 2. The first-order valence-electron chi connectivity index (χ1n) is 6.03. The van der Waals surface area contributed by atoms with Crippen LogP contribution < -0.4 is 0 Å². The third-order valence-corrected chi connectivity index (χ3v) is 3.42. The molecule has 1 aromatic heterocycles. The number of ether oxygens (including phenoxy) is 1. The van der Waals surface area contributed by atoms with Crippen molar-refractivity contribution in [3.8, 4) is 0 Å². The number of hydrogen-bond acceptors (Lipinski definition) is 4. The van der Waals surface area contributed by atoms with E-state index in [0.717, 1.165) is 4.47 Å². The molecule has 0 spiro atoms. The van der Waals surface area contributed by atoms with Crippen LogP contribution in [0.5, 0.6) is 0 Å². The Labute approximate surface area is 125 Å². The van der Waals surface area contributed by atoms with E-state index in [1.165, 1.54) is 10.9 Å². The molecule has 1 aromatic carbocycles. The van der Waals surface area contributed by atoms with Gasteiger partial charge in [0.25, 0.3) is 0 Å². The maximum atomic E-state index is 11.8. The Morgan fingerprint density at radius 2 is 2.10 bits per heavy atom. The van der Waals surface area contributed by atoms with Gasteiger partial charge < -0.3 is 9.84 Å². The number of benzene rings is 1. The van der Waals surface area contributed by atoms with E-state index in [1.54, 1.807) is 32.3 Å². The Kier molecular flexibility index (Phi) is 4.25. The van der Waals surface area contributed by atoms with E-state index in [-0.39, 0.29) is 6.61 Å². The lowest BCUT2D eigenvalue weighted by Gasteiger charge is -2.23. The quantitative estimate of drug-likeness (QED) is 0.868. The molecule has 1 N–H and O–H groups in total. The maximum absolute atomic E-state index is 11.8. The first kappa shape index (κ1) is 14.7. The van der Waals surface area contributed by atoms with Crippen LogP contribution in [0, 0.1) is 0 Å². The molecule has 1 atom stereocenters. The van der Waals surface area contributed by atoms with Crippen molar-refractivity contribution < 1.29 is 14.6 Å². The van der Waals surface area contributed by atoms with E-state index in [1.807, 2.05) is 12.1 Å². The van der Waals surface area contributed by atoms with Gasteiger partial charge in [0.15, 0.2) is 0 Å². The van der Waals surface area contributed by atoms with Gasteiger partial charge in [-0.3, -0.25) is 4.68 Å². The molecule has 0 radical (unpaired) electrons. The number of carbonyl (C=O) groups excluding carboxylic acids is 1. The van der Waals surface area contributed by atoms with Crippen LogP contribution in [0.15, 0.2) is 41.1 Å². The van der Waals surface area contributed by atoms with Gasteiger partial charge in [-0.1, -0.05) is 28.1 Å². The molecule has 0 aliphatic heterocycles. The molecule has 5 nitrogen and oxygen atoms in total. The zero-order valence-corrected chi connectivity index (χ0v) is 12.8. The number of rotatable bonds is 4. The molecule has 0 bridgehead atoms. The average Bonchev–Trinajstić information content (AvgIpc) is 2.83. The summed E-state index contributed by atoms with van der Waals surface area (Å²) in [6.07, 6.45) is 2.99. The summed E-state index contributed by atoms with van der Waals surface area (Å²) in [5.41, 5.74) is -0.197. The standard InChI is InChI=1S/C14H15BrN2O3/c1-14(19,11-3-5-12(15)6-4-11)9-20-13(18)10-7-16-17(2)8-10/h3-8,19H,9H2,1-2H3/t14-/m0/s1. The molecule has 0 aliphatic rings. The fraction of sp³-hybridized carbons (Fsp3) is 0.286. The van der Waals surface area contributed by atoms with Crippen LogP contribution in [0.3, 0.4) is 0 Å². The van der Waals surface area contributed by atoms with Crippen molar-refractivity contribution in [3.05, 3.63) is 52.3 Å². The van der Waals surface area contributed by atoms with Crippen LogP contribution in [0.25, 0.3) is 0 Å². The predicted molar refractivity (Wildman–Crippen MR) is 77.2 cm³/mol. The second kappa shape index (κ2) is 5.76. The summed E-state index contributed by atoms with van der Waals surface area (Å²) in [4.78, 5) is 11.8. The van der Waals surface area contributed by atoms with Crippen LogP contribution in [0.1, 0.15) is 22.8 Å². The van der Waals surface area contributed by atoms with Gasteiger partial charge in [-0.05, 0) is 24.6 Å². The Bertz CT molecular complexity index is 605. The predicted octanol–water partition coefficient (Wildman–Crippen LogP) is 2.25. The molecule has 0 saturated carbocycles. The summed E-state index contributed by atoms with van der Waals surface area (Å²) in [5.74, 6) is -0.504. The van der Waals surface area contributed by atoms with E-state index in [9.17, 15) is 9.90 Å². The minimum absolute atomic E-state index is 0.123. The highest BCUT2D eigenvalue weighted by atomic mass is 79.9. The number of esters is 1. The minimum Gasteiger partial charge on any atom is -0.459 e. The van der Waals surface area contributed by atoms with Crippen molar-refractivity contribution in [2.24, 2.45) is 7.05 Å². The van der Waals surface area contributed by atoms with Crippen molar-refractivity contribution >= 4 is 21.9 Å². The Hall–Kier alpha value is -1.66. The lowest BCUT2D eigenvalue weighted by molar-refractivity contribution is -0.0240. The highest BCUT2D eigenvalue weighted by Crippen LogP contribution is 2.23. The fourth-order valence-corrected chi connectivity index (χ4v) is 1.97. The second-order valence-corrected chi connectivity index (χ2v) is 5.68. The highest BCUT2D eigenvalue weighted by Gasteiger charge is 2.25. The number of halogens is 1. The monoisotopic (exact) mass is 338 g/mol. The van der Waals surface area contributed by atoms with Gasteiger partial charge in [0, 0.05) is 17.7 Å². The Balaban J connectivity index is 2.02. The van der Waals surface area contributed by atoms with E-state index in [2.05, 4.69) is 21.0 Å². The van der Waals surface area contributed by atoms with Gasteiger partial charge in [0.1, 0.15) is 12.2 Å². The van der Waals surface area contributed by atoms with E-state index < -0.39 is 11.6 Å². The van der Waals surface area contributed by atoms with Crippen molar-refractivity contribution in [1.29, 1.82) is 0 Å². The largest absolute Gasteiger partial charge is 0.459 e. The highest BCUT2D eigenvalue weighted by molar-refractivity contribution is 9.10. The lowest BCUT2D eigenvalue weighted by Crippen LogP contribution is -2.29. The number of hydrogen-bond donors (Lipinski definition) is 1. The topological polar surface area (TPSA) is 64.3 Å². The van der Waals surface area contributed by atoms with Crippen LogP contribution in [0.4, 0.5) is 0 Å². The van der Waals surface area contributed by atoms with E-state index in [4.69, 9.17) is 4.74 Å². The molecule has 0 saturated heterocycles. The van der Waals surface area contributed by atoms with Gasteiger partial charge in [-0.2, -0.15) is 5.10 Å². The molecule has 0 aliphatic carbocycles. The SMILES string of the molecule is Cn1cc(C(=O)OC[C@](C)(O)c2ccc(Br)cc2)cn1. The molecule has 2 aromatic rings. The second-order valence-electron chi connectivity index (χ2n) is 4.76. The zero-order chi connectivity index (χ0) is 14.8. The fourth-order valence-electron chi connectivity index (χ4n) is 1.71. The van der Waals surface area contributed by atoms with Gasteiger partial charge in [0.05, 0.1) is 11.8 Å². The molecule has 20 heavy (non-hydrogen) atoms. The summed E-state index contributed by atoms with van der Waals surface area (Å²) in [6.45, 7) is 1.48. The molecule has 6 heteroatoms. The lowest BCUT2D eigenvalue weighted by atomic mass is 9.97. The number of carbonyl (C=O) groups is 1. The molecule has 1 heterocycles. The molecular formula is C14H15BrN2O3. The molecule has 0 unspecified atom stereocenters. The summed E-state index contributed by atoms with van der Waals surface area (Å²) < 4.78 is 7.57. The molecule has 0 amide bonds. The number of aryl methyl sites for hydroxylation is 1. The van der Waals surface area contributed by atoms with Gasteiger partial charge in [-0.15, -0.1) is 0 Å². The smallest absolute Gasteiger partial charge is 0.341 e. The Morgan fingerprint density at radius 3 is 2.65 bits per heavy atom. The first-order chi connectivity index (χ1) is 9.38. The zero-order valence-electron chi connectivity index (χ0n) is 11.2. The van der Waals surface area contributed by atoms with Crippen molar-refractivity contribution in [2.75, 3.05) is 6.61 Å². The van der Waals surface area contributed by atoms with Crippen LogP contribution in [-0.4, -0.2) is 27.5 Å². The van der Waals surface area contributed by atoms with Crippen molar-refractivity contribution in [1.82, 2.24) is 9.78 Å². The third-order valence-electron chi connectivity index (χ3n) is 2.89. The molecular weight excluding hydrogens is 324 g/mol. The first-order valence-corrected chi connectivity index (χ1v) is 6.82. The summed E-state index contributed by atoms with van der Waals surface area (Å²) in [5, 5.41) is 14.3. The van der Waals surface area contributed by atoms with E-state index >= 15 is 0 Å². The normalized spacial score (nSPS) is 13.8. The van der Waals surface area contributed by atoms with Crippen LogP contribution in [0.2, 0.25) is 0 Å². The van der Waals surface area contributed by atoms with Gasteiger partial charge in [-0.25, -0.2) is 4.79 Å². The number of aliphatic hydroxyl groups is 1. The van der Waals surface area contributed by atoms with Crippen LogP contribution in [-0.2, 0) is 17.4 Å². The molecule has 2 rings (SSSR count). The van der Waals surface area contributed by atoms with E-state index in [0.29, 0.717) is 11.1 Å². The maximum Gasteiger partial charge on any atom is 0.341 e. The summed E-state index contributed by atoms with van der Waals surface area (Å²) in [7, 11) is 1.72. The average molecular weight is 339 g/mol. The third kappa shape index (κ3) is 3.46. The van der Waals surface area contributed by atoms with Crippen LogP contribution >= 0.6 is 15.9 Å². The van der Waals surface area contributed by atoms with Gasteiger partial charge >= 0.3 is 5.97 Å². The Morgan fingerprint density at radius 1 is 1.45 bits per heavy atom. The molecule has 106 valence electrons. The van der Waals surface area contributed by atoms with Crippen molar-refractivity contribution in [3.63, 3.8) is 0 Å². The molecule has 0 fully saturated rings. The summed E-state index contributed by atoms with van der Waals surface area (Å²) in [6, 6.07) is 7.21.